The van der Waals surface area contributed by atoms with Gasteiger partial charge in [-0.2, -0.15) is 0 Å². The van der Waals surface area contributed by atoms with Gasteiger partial charge in [-0.15, -0.1) is 0 Å². The molecule has 30 heavy (non-hydrogen) atoms. The van der Waals surface area contributed by atoms with Crippen LogP contribution in [0, 0.1) is 0 Å². The maximum Gasteiger partial charge on any atom is 0.350 e. The summed E-state index contributed by atoms with van der Waals surface area (Å²) in [6, 6.07) is 13.7. The van der Waals surface area contributed by atoms with Gasteiger partial charge in [0.05, 0.1) is 11.1 Å². The van der Waals surface area contributed by atoms with Crippen molar-refractivity contribution in [3.05, 3.63) is 71.4 Å². The molecule has 3 rings (SSSR count). The van der Waals surface area contributed by atoms with Crippen LogP contribution in [0.15, 0.2) is 54.7 Å². The minimum Gasteiger partial charge on any atom is -0.476 e. The van der Waals surface area contributed by atoms with Crippen LogP contribution in [-0.4, -0.2) is 33.9 Å². The van der Waals surface area contributed by atoms with E-state index in [1.807, 2.05) is 6.07 Å². The van der Waals surface area contributed by atoms with E-state index in [4.69, 9.17) is 9.47 Å². The molecule has 1 aliphatic rings. The summed E-state index contributed by atoms with van der Waals surface area (Å²) >= 11 is 0. The van der Waals surface area contributed by atoms with Crippen LogP contribution in [0.2, 0.25) is 0 Å². The van der Waals surface area contributed by atoms with Gasteiger partial charge in [-0.1, -0.05) is 24.3 Å². The molecular weight excluding hydrogens is 382 g/mol. The van der Waals surface area contributed by atoms with E-state index in [-0.39, 0.29) is 11.8 Å². The van der Waals surface area contributed by atoms with Crippen molar-refractivity contribution in [2.45, 2.75) is 45.8 Å². The van der Waals surface area contributed by atoms with Gasteiger partial charge in [-0.25, -0.2) is 9.69 Å². The van der Waals surface area contributed by atoms with Crippen LogP contribution in [0.25, 0.3) is 6.08 Å². The Morgan fingerprint density at radius 1 is 0.900 bits per heavy atom. The number of ether oxygens (including phenoxy) is 2. The molecule has 0 fully saturated rings. The normalized spacial score (nSPS) is 14.2. The van der Waals surface area contributed by atoms with Gasteiger partial charge in [0.15, 0.2) is 5.60 Å². The second-order valence-corrected chi connectivity index (χ2v) is 8.53. The van der Waals surface area contributed by atoms with Crippen molar-refractivity contribution in [2.75, 3.05) is 0 Å². The fourth-order valence-electron chi connectivity index (χ4n) is 2.92. The highest BCUT2D eigenvalue weighted by Crippen LogP contribution is 2.25. The van der Waals surface area contributed by atoms with Gasteiger partial charge in [0.1, 0.15) is 11.4 Å². The lowest BCUT2D eigenvalue weighted by atomic mass is 10.1. The van der Waals surface area contributed by atoms with Crippen LogP contribution in [0.3, 0.4) is 0 Å². The third kappa shape index (κ3) is 4.59. The number of benzene rings is 2. The Bertz CT molecular complexity index is 995. The molecule has 2 amide bonds. The highest BCUT2D eigenvalue weighted by atomic mass is 16.6. The summed E-state index contributed by atoms with van der Waals surface area (Å²) in [5, 5.41) is 0. The van der Waals surface area contributed by atoms with E-state index < -0.39 is 17.2 Å². The molecule has 0 spiro atoms. The quantitative estimate of drug-likeness (QED) is 0.541. The number of imide groups is 1. The molecule has 0 N–H and O–H groups in total. The molecule has 2 aromatic carbocycles. The summed E-state index contributed by atoms with van der Waals surface area (Å²) in [4.78, 5) is 38.4. The smallest absolute Gasteiger partial charge is 0.350 e. The van der Waals surface area contributed by atoms with Crippen molar-refractivity contribution < 1.29 is 23.9 Å². The summed E-state index contributed by atoms with van der Waals surface area (Å²) in [5.74, 6) is -0.715. The molecule has 1 heterocycles. The molecule has 0 aromatic heterocycles. The maximum atomic E-state index is 12.4. The lowest BCUT2D eigenvalue weighted by molar-refractivity contribution is -0.170. The predicted molar refractivity (Wildman–Crippen MR) is 113 cm³/mol. The van der Waals surface area contributed by atoms with Crippen molar-refractivity contribution in [1.29, 1.82) is 0 Å². The number of hydrogen-bond donors (Lipinski definition) is 0. The molecule has 156 valence electrons. The second kappa shape index (κ2) is 7.78. The average Bonchev–Trinajstić information content (AvgIpc) is 2.89. The van der Waals surface area contributed by atoms with E-state index in [1.165, 1.54) is 6.20 Å². The first-order valence-corrected chi connectivity index (χ1v) is 9.66. The largest absolute Gasteiger partial charge is 0.476 e. The van der Waals surface area contributed by atoms with Gasteiger partial charge in [-0.05, 0) is 70.5 Å². The Morgan fingerprint density at radius 2 is 1.50 bits per heavy atom. The molecule has 0 unspecified atom stereocenters. The molecule has 0 aliphatic carbocycles. The van der Waals surface area contributed by atoms with Gasteiger partial charge < -0.3 is 9.47 Å². The number of esters is 1. The van der Waals surface area contributed by atoms with Crippen LogP contribution in [-0.2, 0) is 9.53 Å². The highest BCUT2D eigenvalue weighted by molar-refractivity contribution is 6.22. The Kier molecular flexibility index (Phi) is 5.53. The number of nitrogens with zero attached hydrogens (tertiary/aromatic N) is 1. The first kappa shape index (κ1) is 21.3. The summed E-state index contributed by atoms with van der Waals surface area (Å²) in [6.07, 6.45) is 3.10. The van der Waals surface area contributed by atoms with E-state index in [0.29, 0.717) is 22.4 Å². The van der Waals surface area contributed by atoms with Crippen LogP contribution in [0.4, 0.5) is 0 Å². The van der Waals surface area contributed by atoms with E-state index in [9.17, 15) is 14.4 Å². The fourth-order valence-corrected chi connectivity index (χ4v) is 2.92. The van der Waals surface area contributed by atoms with Gasteiger partial charge >= 0.3 is 5.97 Å². The third-order valence-electron chi connectivity index (χ3n) is 4.36. The number of fused-ring (bicyclic) bond motifs is 1. The zero-order valence-electron chi connectivity index (χ0n) is 17.8. The van der Waals surface area contributed by atoms with Crippen LogP contribution < -0.4 is 4.74 Å². The minimum absolute atomic E-state index is 0.356. The Labute approximate surface area is 176 Å². The number of carbonyl (C=O) groups is 3. The van der Waals surface area contributed by atoms with Crippen molar-refractivity contribution in [3.63, 3.8) is 0 Å². The molecular formula is C24H25NO5. The van der Waals surface area contributed by atoms with Gasteiger partial charge in [0.2, 0.25) is 0 Å². The zero-order chi connectivity index (χ0) is 22.1. The minimum atomic E-state index is -1.18. The molecule has 6 heteroatoms. The fraction of sp³-hybridized carbons (Fsp3) is 0.292. The van der Waals surface area contributed by atoms with E-state index in [1.54, 1.807) is 83.2 Å². The molecule has 1 aliphatic heterocycles. The molecule has 6 nitrogen and oxygen atoms in total. The van der Waals surface area contributed by atoms with E-state index in [0.717, 1.165) is 4.90 Å². The average molecular weight is 407 g/mol. The van der Waals surface area contributed by atoms with Crippen molar-refractivity contribution in [3.8, 4) is 5.75 Å². The summed E-state index contributed by atoms with van der Waals surface area (Å²) in [7, 11) is 0. The summed E-state index contributed by atoms with van der Waals surface area (Å²) in [6.45, 7) is 8.67. The summed E-state index contributed by atoms with van der Waals surface area (Å²) in [5.41, 5.74) is -0.303. The highest BCUT2D eigenvalue weighted by Gasteiger charge is 2.35. The molecule has 2 aromatic rings. The standard InChI is InChI=1S/C24H25NO5/c1-23(2,3)30-22(28)24(4,5)29-17-10-8-9-16(15-17)13-14-25-20(26)18-11-6-7-12-19(18)21(25)27/h6-15H,1-5H3. The predicted octanol–water partition coefficient (Wildman–Crippen LogP) is 4.45. The molecule has 0 saturated heterocycles. The zero-order valence-corrected chi connectivity index (χ0v) is 17.8. The lowest BCUT2D eigenvalue weighted by Gasteiger charge is -2.29. The Balaban J connectivity index is 1.74. The number of hydrogen-bond acceptors (Lipinski definition) is 5. The summed E-state index contributed by atoms with van der Waals surface area (Å²) < 4.78 is 11.3. The van der Waals surface area contributed by atoms with Crippen LogP contribution in [0.5, 0.6) is 5.75 Å². The maximum absolute atomic E-state index is 12.4. The SMILES string of the molecule is CC(C)(C)OC(=O)C(C)(C)Oc1cccc(C=CN2C(=O)c3ccccc3C2=O)c1. The van der Waals surface area contributed by atoms with E-state index >= 15 is 0 Å². The first-order valence-electron chi connectivity index (χ1n) is 9.66. The topological polar surface area (TPSA) is 72.9 Å². The van der Waals surface area contributed by atoms with Crippen LogP contribution in [0.1, 0.15) is 60.9 Å². The number of amides is 2. The number of carbonyl (C=O) groups excluding carboxylic acids is 3. The van der Waals surface area contributed by atoms with Gasteiger partial charge in [0, 0.05) is 6.20 Å². The second-order valence-electron chi connectivity index (χ2n) is 8.53. The third-order valence-corrected chi connectivity index (χ3v) is 4.36. The molecule has 0 atom stereocenters. The molecule has 0 saturated carbocycles. The Morgan fingerprint density at radius 3 is 2.07 bits per heavy atom. The van der Waals surface area contributed by atoms with Gasteiger partial charge in [0.25, 0.3) is 11.8 Å². The van der Waals surface area contributed by atoms with E-state index in [2.05, 4.69) is 0 Å². The number of rotatable bonds is 5. The van der Waals surface area contributed by atoms with Crippen molar-refractivity contribution in [1.82, 2.24) is 4.90 Å². The van der Waals surface area contributed by atoms with Crippen molar-refractivity contribution >= 4 is 23.9 Å². The monoisotopic (exact) mass is 407 g/mol. The van der Waals surface area contributed by atoms with Crippen molar-refractivity contribution in [2.24, 2.45) is 0 Å². The molecule has 0 bridgehead atoms. The van der Waals surface area contributed by atoms with Crippen LogP contribution >= 0.6 is 0 Å². The molecule has 0 radical (unpaired) electrons. The van der Waals surface area contributed by atoms with Gasteiger partial charge in [-0.3, -0.25) is 9.59 Å². The first-order chi connectivity index (χ1) is 14.0. The lowest BCUT2D eigenvalue weighted by Crippen LogP contribution is -2.43. The Hall–Kier alpha value is -3.41.